The minimum absolute atomic E-state index is 0.0849. The average Bonchev–Trinajstić information content (AvgIpc) is 2.85. The summed E-state index contributed by atoms with van der Waals surface area (Å²) >= 11 is 6.52. The first kappa shape index (κ1) is 17.0. The SMILES string of the molecule is O=C(CBr)C(Cc1ccc(Br)cc1)N1C(=O)c2ccccc2C1=O. The van der Waals surface area contributed by atoms with Gasteiger partial charge in [-0.1, -0.05) is 56.1 Å². The van der Waals surface area contributed by atoms with Crippen molar-refractivity contribution < 1.29 is 14.4 Å². The summed E-state index contributed by atoms with van der Waals surface area (Å²) in [6, 6.07) is 13.3. The molecule has 0 aliphatic carbocycles. The maximum absolute atomic E-state index is 12.6. The van der Waals surface area contributed by atoms with Gasteiger partial charge in [0.2, 0.25) is 0 Å². The van der Waals surface area contributed by atoms with Crippen molar-refractivity contribution in [2.75, 3.05) is 5.33 Å². The zero-order valence-electron chi connectivity index (χ0n) is 12.5. The van der Waals surface area contributed by atoms with Gasteiger partial charge in [0.05, 0.1) is 16.5 Å². The molecule has 2 amide bonds. The number of imide groups is 1. The van der Waals surface area contributed by atoms with Crippen LogP contribution in [0.2, 0.25) is 0 Å². The van der Waals surface area contributed by atoms with Crippen LogP contribution < -0.4 is 0 Å². The molecular weight excluding hydrogens is 438 g/mol. The van der Waals surface area contributed by atoms with E-state index < -0.39 is 17.9 Å². The molecule has 0 N–H and O–H groups in total. The van der Waals surface area contributed by atoms with Crippen molar-refractivity contribution in [2.45, 2.75) is 12.5 Å². The van der Waals surface area contributed by atoms with Gasteiger partial charge in [-0.2, -0.15) is 0 Å². The monoisotopic (exact) mass is 449 g/mol. The Kier molecular flexibility index (Phi) is 4.96. The molecule has 0 radical (unpaired) electrons. The molecule has 1 aliphatic heterocycles. The number of fused-ring (bicyclic) bond motifs is 1. The quantitative estimate of drug-likeness (QED) is 0.516. The molecule has 0 saturated heterocycles. The normalized spacial score (nSPS) is 14.7. The van der Waals surface area contributed by atoms with Crippen molar-refractivity contribution >= 4 is 49.5 Å². The highest BCUT2D eigenvalue weighted by Crippen LogP contribution is 2.26. The summed E-state index contributed by atoms with van der Waals surface area (Å²) in [5, 5.41) is 0.0849. The van der Waals surface area contributed by atoms with Crippen LogP contribution in [0.15, 0.2) is 53.0 Å². The average molecular weight is 451 g/mol. The van der Waals surface area contributed by atoms with Crippen LogP contribution in [-0.2, 0) is 11.2 Å². The first-order valence-corrected chi connectivity index (χ1v) is 9.24. The largest absolute Gasteiger partial charge is 0.296 e. The van der Waals surface area contributed by atoms with Crippen LogP contribution in [0, 0.1) is 0 Å². The number of halogens is 2. The molecule has 0 fully saturated rings. The van der Waals surface area contributed by atoms with E-state index in [0.717, 1.165) is 14.9 Å². The van der Waals surface area contributed by atoms with E-state index in [9.17, 15) is 14.4 Å². The molecule has 0 spiro atoms. The molecule has 1 atom stereocenters. The summed E-state index contributed by atoms with van der Waals surface area (Å²) in [6.07, 6.45) is 0.295. The van der Waals surface area contributed by atoms with Gasteiger partial charge in [0.15, 0.2) is 5.78 Å². The number of amides is 2. The van der Waals surface area contributed by atoms with Crippen molar-refractivity contribution in [1.29, 1.82) is 0 Å². The second kappa shape index (κ2) is 6.99. The molecule has 1 aliphatic rings. The van der Waals surface area contributed by atoms with Crippen LogP contribution in [0.3, 0.4) is 0 Å². The van der Waals surface area contributed by atoms with Gasteiger partial charge >= 0.3 is 0 Å². The second-order valence-electron chi connectivity index (χ2n) is 5.47. The fourth-order valence-electron chi connectivity index (χ4n) is 2.77. The first-order chi connectivity index (χ1) is 11.5. The smallest absolute Gasteiger partial charge is 0.262 e. The lowest BCUT2D eigenvalue weighted by atomic mass is 10.0. The Labute approximate surface area is 156 Å². The summed E-state index contributed by atoms with van der Waals surface area (Å²) in [6.45, 7) is 0. The highest BCUT2D eigenvalue weighted by atomic mass is 79.9. The predicted octanol–water partition coefficient (Wildman–Crippen LogP) is 3.62. The van der Waals surface area contributed by atoms with E-state index in [1.54, 1.807) is 24.3 Å². The number of hydrogen-bond donors (Lipinski definition) is 0. The lowest BCUT2D eigenvalue weighted by Crippen LogP contribution is -2.46. The van der Waals surface area contributed by atoms with E-state index >= 15 is 0 Å². The molecule has 0 bridgehead atoms. The number of rotatable bonds is 5. The van der Waals surface area contributed by atoms with Crippen molar-refractivity contribution in [3.63, 3.8) is 0 Å². The third-order valence-corrected chi connectivity index (χ3v) is 5.06. The molecule has 2 aromatic carbocycles. The van der Waals surface area contributed by atoms with Gasteiger partial charge in [0.25, 0.3) is 11.8 Å². The summed E-state index contributed by atoms with van der Waals surface area (Å²) in [7, 11) is 0. The van der Waals surface area contributed by atoms with Crippen LogP contribution in [0.1, 0.15) is 26.3 Å². The minimum atomic E-state index is -0.821. The molecule has 1 heterocycles. The number of hydrogen-bond acceptors (Lipinski definition) is 3. The van der Waals surface area contributed by atoms with Crippen LogP contribution in [0.4, 0.5) is 0 Å². The fraction of sp³-hybridized carbons (Fsp3) is 0.167. The third kappa shape index (κ3) is 3.08. The molecule has 2 aromatic rings. The molecule has 4 nitrogen and oxygen atoms in total. The third-order valence-electron chi connectivity index (χ3n) is 3.98. The molecule has 6 heteroatoms. The lowest BCUT2D eigenvalue weighted by molar-refractivity contribution is -0.120. The predicted molar refractivity (Wildman–Crippen MR) is 97.4 cm³/mol. The second-order valence-corrected chi connectivity index (χ2v) is 6.95. The maximum Gasteiger partial charge on any atom is 0.262 e. The first-order valence-electron chi connectivity index (χ1n) is 7.33. The molecule has 0 saturated carbocycles. The molecule has 3 rings (SSSR count). The zero-order chi connectivity index (χ0) is 17.3. The van der Waals surface area contributed by atoms with Gasteiger partial charge in [-0.15, -0.1) is 0 Å². The van der Waals surface area contributed by atoms with E-state index in [1.165, 1.54) is 0 Å². The molecule has 122 valence electrons. The fourth-order valence-corrected chi connectivity index (χ4v) is 3.41. The van der Waals surface area contributed by atoms with E-state index in [1.807, 2.05) is 24.3 Å². The Bertz CT molecular complexity index is 782. The molecule has 0 aromatic heterocycles. The van der Waals surface area contributed by atoms with Crippen LogP contribution >= 0.6 is 31.9 Å². The standard InChI is InChI=1S/C18H13Br2NO3/c19-10-16(22)15(9-11-5-7-12(20)8-6-11)21-17(23)13-3-1-2-4-14(13)18(21)24/h1-8,15H,9-10H2. The Morgan fingerprint density at radius 3 is 2.00 bits per heavy atom. The van der Waals surface area contributed by atoms with Crippen LogP contribution in [0.25, 0.3) is 0 Å². The van der Waals surface area contributed by atoms with Gasteiger partial charge in [0.1, 0.15) is 6.04 Å². The van der Waals surface area contributed by atoms with Gasteiger partial charge < -0.3 is 0 Å². The summed E-state index contributed by atoms with van der Waals surface area (Å²) in [4.78, 5) is 38.8. The van der Waals surface area contributed by atoms with Crippen LogP contribution in [0.5, 0.6) is 0 Å². The van der Waals surface area contributed by atoms with Crippen molar-refractivity contribution in [1.82, 2.24) is 4.90 Å². The van der Waals surface area contributed by atoms with Crippen molar-refractivity contribution in [3.8, 4) is 0 Å². The number of ketones is 1. The van der Waals surface area contributed by atoms with Crippen LogP contribution in [-0.4, -0.2) is 33.9 Å². The summed E-state index contributed by atoms with van der Waals surface area (Å²) in [5.41, 5.74) is 1.59. The zero-order valence-corrected chi connectivity index (χ0v) is 15.7. The Morgan fingerprint density at radius 1 is 0.958 bits per heavy atom. The minimum Gasteiger partial charge on any atom is -0.296 e. The Morgan fingerprint density at radius 2 is 1.50 bits per heavy atom. The molecule has 24 heavy (non-hydrogen) atoms. The van der Waals surface area contributed by atoms with Gasteiger partial charge in [0, 0.05) is 10.9 Å². The number of carbonyl (C=O) groups excluding carboxylic acids is 3. The number of Topliss-reactive ketones (excluding diaryl/α,β-unsaturated/α-hetero) is 1. The lowest BCUT2D eigenvalue weighted by Gasteiger charge is -2.24. The number of nitrogens with zero attached hydrogens (tertiary/aromatic N) is 1. The van der Waals surface area contributed by atoms with Gasteiger partial charge in [-0.05, 0) is 29.8 Å². The maximum atomic E-state index is 12.6. The number of alkyl halides is 1. The number of benzene rings is 2. The highest BCUT2D eigenvalue weighted by molar-refractivity contribution is 9.10. The van der Waals surface area contributed by atoms with Crippen molar-refractivity contribution in [2.24, 2.45) is 0 Å². The van der Waals surface area contributed by atoms with Gasteiger partial charge in [-0.3, -0.25) is 19.3 Å². The summed E-state index contributed by atoms with van der Waals surface area (Å²) < 4.78 is 0.926. The van der Waals surface area contributed by atoms with Gasteiger partial charge in [-0.25, -0.2) is 0 Å². The molecule has 1 unspecified atom stereocenters. The molecular formula is C18H13Br2NO3. The summed E-state index contributed by atoms with van der Waals surface area (Å²) in [5.74, 6) is -1.02. The Balaban J connectivity index is 1.95. The van der Waals surface area contributed by atoms with E-state index in [2.05, 4.69) is 31.9 Å². The highest BCUT2D eigenvalue weighted by Gasteiger charge is 2.42. The van der Waals surface area contributed by atoms with E-state index in [-0.39, 0.29) is 11.1 Å². The van der Waals surface area contributed by atoms with E-state index in [0.29, 0.717) is 17.5 Å². The Hall–Kier alpha value is -1.79. The topological polar surface area (TPSA) is 54.5 Å². The van der Waals surface area contributed by atoms with Crippen molar-refractivity contribution in [3.05, 3.63) is 69.7 Å². The van der Waals surface area contributed by atoms with E-state index in [4.69, 9.17) is 0 Å². The number of carbonyl (C=O) groups is 3.